The van der Waals surface area contributed by atoms with Gasteiger partial charge in [-0.05, 0) is 66.3 Å². The number of sulfone groups is 1. The molecule has 2 heterocycles. The highest BCUT2D eigenvalue weighted by Gasteiger charge is 2.47. The Morgan fingerprint density at radius 1 is 1.26 bits per heavy atom. The Morgan fingerprint density at radius 2 is 2.00 bits per heavy atom. The predicted octanol–water partition coefficient (Wildman–Crippen LogP) is 4.36. The number of phenolic OH excluding ortho intramolecular Hbond substituents is 1. The molecule has 0 saturated carbocycles. The first kappa shape index (κ1) is 22.2. The molecule has 5 nitrogen and oxygen atoms in total. The van der Waals surface area contributed by atoms with Gasteiger partial charge in [0, 0.05) is 6.32 Å². The lowest BCUT2D eigenvalue weighted by Gasteiger charge is -2.32. The molecule has 8 heteroatoms. The number of benzene rings is 2. The molecular weight excluding hydrogens is 435 g/mol. The SMILES string of the molecule is CC1=C2[C@@H](CC/C(=C/c3ccc(O)cc3Cl)c3ccccc3)OB(O)C[C@@H]2S(=O)(=O)C1. The molecule has 0 radical (unpaired) electrons. The summed E-state index contributed by atoms with van der Waals surface area (Å²) in [5.74, 6) is 0.133. The highest BCUT2D eigenvalue weighted by molar-refractivity contribution is 7.92. The van der Waals surface area contributed by atoms with Gasteiger partial charge in [-0.15, -0.1) is 0 Å². The van der Waals surface area contributed by atoms with Crippen molar-refractivity contribution in [3.05, 3.63) is 75.8 Å². The lowest BCUT2D eigenvalue weighted by atomic mass is 9.74. The second kappa shape index (κ2) is 8.83. The van der Waals surface area contributed by atoms with Crippen molar-refractivity contribution in [1.29, 1.82) is 0 Å². The Kier molecular flexibility index (Phi) is 6.31. The molecule has 0 aliphatic carbocycles. The highest BCUT2D eigenvalue weighted by Crippen LogP contribution is 2.40. The molecule has 2 aliphatic rings. The molecule has 1 saturated heterocycles. The molecule has 2 N–H and O–H groups in total. The van der Waals surface area contributed by atoms with Crippen LogP contribution < -0.4 is 0 Å². The predicted molar refractivity (Wildman–Crippen MR) is 125 cm³/mol. The summed E-state index contributed by atoms with van der Waals surface area (Å²) in [6.07, 6.45) is 2.75. The van der Waals surface area contributed by atoms with E-state index in [0.29, 0.717) is 17.9 Å². The Balaban J connectivity index is 1.64. The van der Waals surface area contributed by atoms with Crippen LogP contribution in [0.4, 0.5) is 0 Å². The van der Waals surface area contributed by atoms with Gasteiger partial charge in [0.05, 0.1) is 22.1 Å². The molecule has 1 fully saturated rings. The van der Waals surface area contributed by atoms with Crippen LogP contribution in [0.15, 0.2) is 59.7 Å². The van der Waals surface area contributed by atoms with Crippen molar-refractivity contribution >= 4 is 40.2 Å². The molecule has 2 aromatic rings. The van der Waals surface area contributed by atoms with Crippen molar-refractivity contribution in [2.75, 3.05) is 5.75 Å². The summed E-state index contributed by atoms with van der Waals surface area (Å²) in [5, 5.41) is 19.6. The van der Waals surface area contributed by atoms with Crippen molar-refractivity contribution in [1.82, 2.24) is 0 Å². The monoisotopic (exact) mass is 458 g/mol. The maximum Gasteiger partial charge on any atom is 0.456 e. The fourth-order valence-electron chi connectivity index (χ4n) is 4.49. The van der Waals surface area contributed by atoms with Gasteiger partial charge >= 0.3 is 7.12 Å². The number of halogens is 1. The average Bonchev–Trinajstić information content (AvgIpc) is 2.95. The molecular formula is C23H24BClO5S. The lowest BCUT2D eigenvalue weighted by Crippen LogP contribution is -2.41. The van der Waals surface area contributed by atoms with Crippen LogP contribution in [0.5, 0.6) is 5.75 Å². The van der Waals surface area contributed by atoms with Crippen molar-refractivity contribution in [2.45, 2.75) is 37.4 Å². The Morgan fingerprint density at radius 3 is 2.71 bits per heavy atom. The van der Waals surface area contributed by atoms with Crippen LogP contribution in [0.1, 0.15) is 30.9 Å². The van der Waals surface area contributed by atoms with Gasteiger partial charge < -0.3 is 14.8 Å². The fourth-order valence-corrected chi connectivity index (χ4v) is 6.89. The first-order chi connectivity index (χ1) is 14.7. The van der Waals surface area contributed by atoms with E-state index in [9.17, 15) is 18.5 Å². The minimum atomic E-state index is -3.28. The van der Waals surface area contributed by atoms with E-state index in [2.05, 4.69) is 0 Å². The van der Waals surface area contributed by atoms with Crippen molar-refractivity contribution in [3.63, 3.8) is 0 Å². The van der Waals surface area contributed by atoms with Gasteiger partial charge in [-0.25, -0.2) is 8.42 Å². The summed E-state index contributed by atoms with van der Waals surface area (Å²) in [5.41, 5.74) is 4.44. The maximum atomic E-state index is 12.5. The third kappa shape index (κ3) is 4.75. The minimum Gasteiger partial charge on any atom is -0.508 e. The van der Waals surface area contributed by atoms with Crippen molar-refractivity contribution in [3.8, 4) is 5.75 Å². The van der Waals surface area contributed by atoms with Crippen molar-refractivity contribution < 1.29 is 23.2 Å². The van der Waals surface area contributed by atoms with Crippen LogP contribution in [-0.4, -0.2) is 42.8 Å². The Bertz CT molecular complexity index is 1140. The third-order valence-corrected chi connectivity index (χ3v) is 8.39. The lowest BCUT2D eigenvalue weighted by molar-refractivity contribution is 0.171. The van der Waals surface area contributed by atoms with Gasteiger partial charge in [0.1, 0.15) is 5.75 Å². The zero-order valence-corrected chi connectivity index (χ0v) is 18.7. The highest BCUT2D eigenvalue weighted by atomic mass is 35.5. The number of phenols is 1. The minimum absolute atomic E-state index is 0.0318. The van der Waals surface area contributed by atoms with E-state index in [1.165, 1.54) is 6.07 Å². The quantitative estimate of drug-likeness (QED) is 0.395. The molecule has 0 unspecified atom stereocenters. The zero-order valence-electron chi connectivity index (χ0n) is 17.2. The molecule has 0 amide bonds. The second-order valence-electron chi connectivity index (χ2n) is 8.13. The summed E-state index contributed by atoms with van der Waals surface area (Å²) in [4.78, 5) is 0. The van der Waals surface area contributed by atoms with Gasteiger partial charge in [-0.1, -0.05) is 47.5 Å². The third-order valence-electron chi connectivity index (χ3n) is 5.91. The van der Waals surface area contributed by atoms with Crippen molar-refractivity contribution in [2.24, 2.45) is 0 Å². The number of hydrogen-bond acceptors (Lipinski definition) is 5. The molecule has 0 aromatic heterocycles. The van der Waals surface area contributed by atoms with E-state index in [-0.39, 0.29) is 17.8 Å². The van der Waals surface area contributed by atoms with Crippen LogP contribution in [-0.2, 0) is 14.5 Å². The molecule has 162 valence electrons. The van der Waals surface area contributed by atoms with Crippen LogP contribution in [0.25, 0.3) is 11.6 Å². The number of aromatic hydroxyl groups is 1. The molecule has 2 aromatic carbocycles. The topological polar surface area (TPSA) is 83.8 Å². The van der Waals surface area contributed by atoms with E-state index in [1.807, 2.05) is 43.3 Å². The van der Waals surface area contributed by atoms with Crippen LogP contribution in [0.3, 0.4) is 0 Å². The van der Waals surface area contributed by atoms with Crippen LogP contribution >= 0.6 is 11.6 Å². The molecule has 0 spiro atoms. The first-order valence-corrected chi connectivity index (χ1v) is 12.3. The van der Waals surface area contributed by atoms with Gasteiger partial charge in [-0.2, -0.15) is 0 Å². The van der Waals surface area contributed by atoms with E-state index in [4.69, 9.17) is 16.3 Å². The molecule has 2 atom stereocenters. The first-order valence-electron chi connectivity index (χ1n) is 10.2. The fraction of sp³-hybridized carbons (Fsp3) is 0.304. The van der Waals surface area contributed by atoms with Gasteiger partial charge in [-0.3, -0.25) is 0 Å². The largest absolute Gasteiger partial charge is 0.508 e. The smallest absolute Gasteiger partial charge is 0.456 e. The van der Waals surface area contributed by atoms with Gasteiger partial charge in [0.15, 0.2) is 9.84 Å². The molecule has 2 aliphatic heterocycles. The molecule has 0 bridgehead atoms. The molecule has 31 heavy (non-hydrogen) atoms. The van der Waals surface area contributed by atoms with Gasteiger partial charge in [0.2, 0.25) is 0 Å². The number of fused-ring (bicyclic) bond motifs is 1. The second-order valence-corrected chi connectivity index (χ2v) is 10.7. The Hall–Kier alpha value is -2.06. The number of rotatable bonds is 5. The maximum absolute atomic E-state index is 12.5. The number of allylic oxidation sites excluding steroid dienone is 1. The van der Waals surface area contributed by atoms with Crippen LogP contribution in [0, 0.1) is 0 Å². The summed E-state index contributed by atoms with van der Waals surface area (Å²) in [6, 6.07) is 14.7. The zero-order chi connectivity index (χ0) is 22.2. The summed E-state index contributed by atoms with van der Waals surface area (Å²) in [7, 11) is -4.37. The van der Waals surface area contributed by atoms with E-state index in [0.717, 1.165) is 27.8 Å². The van der Waals surface area contributed by atoms with E-state index >= 15 is 0 Å². The van der Waals surface area contributed by atoms with E-state index in [1.54, 1.807) is 12.1 Å². The average molecular weight is 459 g/mol. The number of hydrogen-bond donors (Lipinski definition) is 2. The summed E-state index contributed by atoms with van der Waals surface area (Å²) < 4.78 is 30.8. The van der Waals surface area contributed by atoms with Gasteiger partial charge in [0.25, 0.3) is 0 Å². The Labute approximate surface area is 188 Å². The standard InChI is InChI=1S/C23H24BClO5S/c1-15-14-31(28,29)22-13-24(27)30-21(23(15)22)10-8-17(16-5-3-2-4-6-16)11-18-7-9-19(26)12-20(18)25/h2-7,9,11-12,21-22,26-27H,8,10,13-14H2,1H3/b17-11-/t21-,22+/m1/s1. The normalized spacial score (nSPS) is 23.2. The summed E-state index contributed by atoms with van der Waals surface area (Å²) >= 11 is 6.32. The van der Waals surface area contributed by atoms with Crippen LogP contribution in [0.2, 0.25) is 11.3 Å². The molecule has 4 rings (SSSR count). The van der Waals surface area contributed by atoms with E-state index < -0.39 is 28.3 Å². The summed E-state index contributed by atoms with van der Waals surface area (Å²) in [6.45, 7) is 1.84.